The predicted molar refractivity (Wildman–Crippen MR) is 43.0 cm³/mol. The number of nitrogens with zero attached hydrogens (tertiary/aromatic N) is 4. The monoisotopic (exact) mass is 176 g/mol. The number of rotatable bonds is 3. The predicted octanol–water partition coefficient (Wildman–Crippen LogP) is 0.623. The number of tetrazole rings is 1. The largest absolute Gasteiger partial charge is 0.224 e. The molecule has 0 fully saturated rings. The van der Waals surface area contributed by atoms with Gasteiger partial charge in [0.2, 0.25) is 5.16 Å². The third kappa shape index (κ3) is 1.88. The van der Waals surface area contributed by atoms with Gasteiger partial charge < -0.3 is 0 Å². The van der Waals surface area contributed by atoms with E-state index in [1.54, 1.807) is 28.2 Å². The van der Waals surface area contributed by atoms with Crippen LogP contribution in [0.4, 0.5) is 0 Å². The number of hydrogen-bond donors (Lipinski definition) is 0. The summed E-state index contributed by atoms with van der Waals surface area (Å²) in [5.74, 6) is 0. The average Bonchev–Trinajstić information content (AvgIpc) is 2.31. The summed E-state index contributed by atoms with van der Waals surface area (Å²) in [6.07, 6.45) is 2.05. The summed E-state index contributed by atoms with van der Waals surface area (Å²) in [4.78, 5) is 0. The van der Waals surface area contributed by atoms with Gasteiger partial charge in [0.15, 0.2) is 0 Å². The number of aromatic nitrogens is 4. The van der Waals surface area contributed by atoms with Gasteiger partial charge in [0, 0.05) is 12.1 Å². The minimum atomic E-state index is 0.870. The lowest BCUT2D eigenvalue weighted by molar-refractivity contribution is 0.665. The Morgan fingerprint density at radius 1 is 1.60 bits per heavy atom. The van der Waals surface area contributed by atoms with Gasteiger partial charge in [0.1, 0.15) is 0 Å². The topological polar surface area (TPSA) is 43.6 Å². The molecule has 0 N–H and O–H groups in total. The first kappa shape index (κ1) is 7.87. The Kier molecular flexibility index (Phi) is 3.01. The van der Waals surface area contributed by atoms with Crippen molar-refractivity contribution in [1.82, 2.24) is 20.2 Å². The highest BCUT2D eigenvalue weighted by Crippen LogP contribution is 2.16. The normalized spacial score (nSPS) is 10.2. The summed E-state index contributed by atoms with van der Waals surface area (Å²) in [7, 11) is 1.84. The van der Waals surface area contributed by atoms with E-state index >= 15 is 0 Å². The van der Waals surface area contributed by atoms with E-state index in [-0.39, 0.29) is 0 Å². The Hall–Kier alpha value is -0.230. The fourth-order valence-electron chi connectivity index (χ4n) is 0.455. The molecule has 6 heteroatoms. The Morgan fingerprint density at radius 2 is 2.40 bits per heavy atom. The van der Waals surface area contributed by atoms with Gasteiger partial charge in [0.05, 0.1) is 0 Å². The molecule has 0 radical (unpaired) electrons. The van der Waals surface area contributed by atoms with Crippen LogP contribution < -0.4 is 0 Å². The summed E-state index contributed by atoms with van der Waals surface area (Å²) in [6, 6.07) is 0. The van der Waals surface area contributed by atoms with Crippen molar-refractivity contribution >= 4 is 23.5 Å². The molecule has 1 rings (SSSR count). The number of hydrogen-bond acceptors (Lipinski definition) is 5. The molecule has 0 atom stereocenters. The first-order valence-electron chi connectivity index (χ1n) is 2.68. The molecule has 0 saturated heterocycles. The molecule has 0 unspecified atom stereocenters. The molecule has 0 bridgehead atoms. The van der Waals surface area contributed by atoms with Gasteiger partial charge in [-0.15, -0.1) is 5.10 Å². The second kappa shape index (κ2) is 3.82. The van der Waals surface area contributed by atoms with Crippen molar-refractivity contribution in [2.75, 3.05) is 11.3 Å². The van der Waals surface area contributed by atoms with Gasteiger partial charge in [0.25, 0.3) is 0 Å². The van der Waals surface area contributed by atoms with E-state index in [4.69, 9.17) is 0 Å². The Bertz CT molecular complexity index is 199. The molecule has 0 spiro atoms. The van der Waals surface area contributed by atoms with Crippen LogP contribution in [0.3, 0.4) is 0 Å². The van der Waals surface area contributed by atoms with Crippen LogP contribution >= 0.6 is 23.5 Å². The van der Waals surface area contributed by atoms with Crippen LogP contribution in [-0.4, -0.2) is 31.5 Å². The smallest absolute Gasteiger partial charge is 0.209 e. The SMILES string of the molecule is CSCSc1nnnn1C. The second-order valence-electron chi connectivity index (χ2n) is 1.64. The van der Waals surface area contributed by atoms with Crippen molar-refractivity contribution in [3.8, 4) is 0 Å². The average molecular weight is 176 g/mol. The van der Waals surface area contributed by atoms with Crippen LogP contribution in [0.25, 0.3) is 0 Å². The summed E-state index contributed by atoms with van der Waals surface area (Å²) in [5, 5.41) is 12.9. The van der Waals surface area contributed by atoms with E-state index in [9.17, 15) is 0 Å². The third-order valence-electron chi connectivity index (χ3n) is 0.887. The molecular weight excluding hydrogens is 168 g/mol. The van der Waals surface area contributed by atoms with Crippen LogP contribution in [0.2, 0.25) is 0 Å². The number of thioether (sulfide) groups is 2. The molecule has 1 aromatic rings. The third-order valence-corrected chi connectivity index (χ3v) is 2.91. The van der Waals surface area contributed by atoms with Crippen molar-refractivity contribution < 1.29 is 0 Å². The van der Waals surface area contributed by atoms with E-state index in [1.807, 2.05) is 7.05 Å². The molecule has 1 heterocycles. The Morgan fingerprint density at radius 3 is 2.90 bits per heavy atom. The molecule has 0 aliphatic rings. The minimum Gasteiger partial charge on any atom is -0.224 e. The first-order valence-corrected chi connectivity index (χ1v) is 5.06. The molecule has 10 heavy (non-hydrogen) atoms. The quantitative estimate of drug-likeness (QED) is 0.499. The van der Waals surface area contributed by atoms with Gasteiger partial charge in [-0.2, -0.15) is 11.8 Å². The Balaban J connectivity index is 2.49. The zero-order chi connectivity index (χ0) is 7.40. The molecule has 4 nitrogen and oxygen atoms in total. The van der Waals surface area contributed by atoms with Gasteiger partial charge >= 0.3 is 0 Å². The molecule has 56 valence electrons. The zero-order valence-electron chi connectivity index (χ0n) is 5.81. The molecule has 0 amide bonds. The maximum atomic E-state index is 3.80. The van der Waals surface area contributed by atoms with Crippen LogP contribution in [0, 0.1) is 0 Å². The van der Waals surface area contributed by atoms with Crippen LogP contribution in [0.5, 0.6) is 0 Å². The van der Waals surface area contributed by atoms with E-state index in [0.717, 1.165) is 10.2 Å². The van der Waals surface area contributed by atoms with Crippen LogP contribution in [0.15, 0.2) is 5.16 Å². The lowest BCUT2D eigenvalue weighted by Gasteiger charge is -1.93. The molecular formula is C4H8N4S2. The van der Waals surface area contributed by atoms with E-state index in [2.05, 4.69) is 21.8 Å². The van der Waals surface area contributed by atoms with Crippen molar-refractivity contribution in [3.05, 3.63) is 0 Å². The van der Waals surface area contributed by atoms with Crippen molar-refractivity contribution in [3.63, 3.8) is 0 Å². The van der Waals surface area contributed by atoms with E-state index < -0.39 is 0 Å². The molecule has 0 aromatic carbocycles. The summed E-state index contributed by atoms with van der Waals surface area (Å²) in [5.41, 5.74) is 0. The molecule has 0 aliphatic heterocycles. The van der Waals surface area contributed by atoms with Gasteiger partial charge in [-0.3, -0.25) is 0 Å². The highest BCUT2D eigenvalue weighted by Gasteiger charge is 1.99. The lowest BCUT2D eigenvalue weighted by Crippen LogP contribution is -1.92. The maximum absolute atomic E-state index is 3.80. The fraction of sp³-hybridized carbons (Fsp3) is 0.750. The van der Waals surface area contributed by atoms with Gasteiger partial charge in [-0.05, 0) is 16.7 Å². The fourth-order valence-corrected chi connectivity index (χ4v) is 1.67. The van der Waals surface area contributed by atoms with Gasteiger partial charge in [-0.1, -0.05) is 11.8 Å². The molecule has 0 saturated carbocycles. The summed E-state index contributed by atoms with van der Waals surface area (Å²) < 4.78 is 1.67. The van der Waals surface area contributed by atoms with Crippen molar-refractivity contribution in [2.24, 2.45) is 7.05 Å². The van der Waals surface area contributed by atoms with Crippen molar-refractivity contribution in [2.45, 2.75) is 5.16 Å². The highest BCUT2D eigenvalue weighted by molar-refractivity contribution is 8.15. The second-order valence-corrected chi connectivity index (χ2v) is 3.81. The van der Waals surface area contributed by atoms with E-state index in [0.29, 0.717) is 0 Å². The van der Waals surface area contributed by atoms with E-state index in [1.165, 1.54) is 0 Å². The van der Waals surface area contributed by atoms with Crippen LogP contribution in [0.1, 0.15) is 0 Å². The summed E-state index contributed by atoms with van der Waals surface area (Å²) in [6.45, 7) is 0. The van der Waals surface area contributed by atoms with Crippen LogP contribution in [-0.2, 0) is 7.05 Å². The van der Waals surface area contributed by atoms with Gasteiger partial charge in [-0.25, -0.2) is 4.68 Å². The highest BCUT2D eigenvalue weighted by atomic mass is 32.2. The van der Waals surface area contributed by atoms with Crippen molar-refractivity contribution in [1.29, 1.82) is 0 Å². The maximum Gasteiger partial charge on any atom is 0.209 e. The molecule has 0 aliphatic carbocycles. The lowest BCUT2D eigenvalue weighted by atomic mass is 11.2. The first-order chi connectivity index (χ1) is 4.84. The zero-order valence-corrected chi connectivity index (χ0v) is 7.45. The standard InChI is InChI=1S/C4H8N4S2/c1-8-4(5-6-7-8)10-3-9-2/h3H2,1-2H3. The number of aryl methyl sites for hydroxylation is 1. The minimum absolute atomic E-state index is 0.870. The molecule has 1 aromatic heterocycles. The Labute approximate surface area is 67.8 Å². The summed E-state index contributed by atoms with van der Waals surface area (Å²) >= 11 is 3.41.